The van der Waals surface area contributed by atoms with Crippen LogP contribution in [-0.2, 0) is 4.79 Å². The largest absolute Gasteiger partial charge is 0.336 e. The molecular weight excluding hydrogens is 231 g/mol. The van der Waals surface area contributed by atoms with E-state index in [-0.39, 0.29) is 23.8 Å². The third-order valence-electron chi connectivity index (χ3n) is 2.98. The lowest BCUT2D eigenvalue weighted by Crippen LogP contribution is -2.36. The number of nitrogens with zero attached hydrogens (tertiary/aromatic N) is 1. The summed E-state index contributed by atoms with van der Waals surface area (Å²) in [5.74, 6) is -0.236. The fraction of sp³-hybridized carbons (Fsp3) is 0.500. The average Bonchev–Trinajstić information content (AvgIpc) is 2.29. The molecule has 0 bridgehead atoms. The number of halogens is 1. The third-order valence-corrected chi connectivity index (χ3v) is 2.98. The van der Waals surface area contributed by atoms with E-state index in [4.69, 9.17) is 5.73 Å². The number of benzene rings is 1. The number of hydrogen-bond donors (Lipinski definition) is 1. The Morgan fingerprint density at radius 3 is 2.33 bits per heavy atom. The van der Waals surface area contributed by atoms with Gasteiger partial charge in [0.25, 0.3) is 0 Å². The van der Waals surface area contributed by atoms with Crippen molar-refractivity contribution in [2.75, 3.05) is 6.54 Å². The summed E-state index contributed by atoms with van der Waals surface area (Å²) in [4.78, 5) is 13.8. The smallest absolute Gasteiger partial charge is 0.224 e. The molecule has 0 fully saturated rings. The lowest BCUT2D eigenvalue weighted by atomic mass is 10.1. The van der Waals surface area contributed by atoms with E-state index < -0.39 is 0 Å². The maximum absolute atomic E-state index is 12.9. The zero-order valence-corrected chi connectivity index (χ0v) is 11.2. The van der Waals surface area contributed by atoms with Crippen molar-refractivity contribution in [1.82, 2.24) is 4.90 Å². The first-order valence-electron chi connectivity index (χ1n) is 6.26. The molecule has 100 valence electrons. The first-order valence-corrected chi connectivity index (χ1v) is 6.26. The maximum Gasteiger partial charge on any atom is 0.224 e. The van der Waals surface area contributed by atoms with E-state index in [1.165, 1.54) is 12.1 Å². The molecule has 1 rings (SSSR count). The second kappa shape index (κ2) is 6.50. The van der Waals surface area contributed by atoms with Crippen LogP contribution >= 0.6 is 0 Å². The van der Waals surface area contributed by atoms with Crippen LogP contribution in [0, 0.1) is 5.82 Å². The van der Waals surface area contributed by atoms with Gasteiger partial charge in [0.15, 0.2) is 0 Å². The Hall–Kier alpha value is -1.42. The van der Waals surface area contributed by atoms with Crippen LogP contribution < -0.4 is 5.73 Å². The molecule has 0 spiro atoms. The van der Waals surface area contributed by atoms with Gasteiger partial charge in [-0.15, -0.1) is 0 Å². The summed E-state index contributed by atoms with van der Waals surface area (Å²) in [5.41, 5.74) is 6.57. The fourth-order valence-corrected chi connectivity index (χ4v) is 1.98. The van der Waals surface area contributed by atoms with Crippen molar-refractivity contribution in [2.45, 2.75) is 39.3 Å². The molecule has 0 aliphatic rings. The number of nitrogens with two attached hydrogens (primary N) is 1. The van der Waals surface area contributed by atoms with Crippen molar-refractivity contribution >= 4 is 5.91 Å². The van der Waals surface area contributed by atoms with Crippen LogP contribution in [0.25, 0.3) is 0 Å². The molecule has 2 unspecified atom stereocenters. The van der Waals surface area contributed by atoms with Gasteiger partial charge in [-0.25, -0.2) is 4.39 Å². The van der Waals surface area contributed by atoms with Gasteiger partial charge >= 0.3 is 0 Å². The number of carbonyl (C=O) groups is 1. The average molecular weight is 252 g/mol. The predicted molar refractivity (Wildman–Crippen MR) is 70.5 cm³/mol. The van der Waals surface area contributed by atoms with Gasteiger partial charge < -0.3 is 10.6 Å². The first-order chi connectivity index (χ1) is 8.45. The number of amides is 1. The van der Waals surface area contributed by atoms with Gasteiger partial charge in [-0.3, -0.25) is 4.79 Å². The molecule has 0 aliphatic heterocycles. The van der Waals surface area contributed by atoms with Gasteiger partial charge in [0.1, 0.15) is 5.82 Å². The van der Waals surface area contributed by atoms with Gasteiger partial charge in [0, 0.05) is 19.0 Å². The van der Waals surface area contributed by atoms with E-state index in [2.05, 4.69) is 0 Å². The minimum absolute atomic E-state index is 0.0318. The molecule has 2 atom stereocenters. The summed E-state index contributed by atoms with van der Waals surface area (Å²) in [6.07, 6.45) is 0.333. The third kappa shape index (κ3) is 3.81. The Balaban J connectivity index is 2.81. The SMILES string of the molecule is CCN(C(=O)CC(C)N)C(C)c1ccc(F)cc1. The quantitative estimate of drug-likeness (QED) is 0.875. The monoisotopic (exact) mass is 252 g/mol. The zero-order valence-electron chi connectivity index (χ0n) is 11.2. The van der Waals surface area contributed by atoms with Gasteiger partial charge in [0.05, 0.1) is 6.04 Å². The molecule has 4 heteroatoms. The molecule has 0 radical (unpaired) electrons. The van der Waals surface area contributed by atoms with Gasteiger partial charge in [-0.1, -0.05) is 12.1 Å². The Bertz CT molecular complexity index is 389. The topological polar surface area (TPSA) is 46.3 Å². The molecule has 0 aliphatic carbocycles. The van der Waals surface area contributed by atoms with Crippen LogP contribution in [0.15, 0.2) is 24.3 Å². The molecule has 0 aromatic heterocycles. The van der Waals surface area contributed by atoms with Crippen LogP contribution in [0.2, 0.25) is 0 Å². The summed E-state index contributed by atoms with van der Waals surface area (Å²) < 4.78 is 12.9. The van der Waals surface area contributed by atoms with E-state index in [1.807, 2.05) is 20.8 Å². The maximum atomic E-state index is 12.9. The van der Waals surface area contributed by atoms with Crippen molar-refractivity contribution in [3.8, 4) is 0 Å². The van der Waals surface area contributed by atoms with Gasteiger partial charge in [-0.2, -0.15) is 0 Å². The van der Waals surface area contributed by atoms with E-state index >= 15 is 0 Å². The van der Waals surface area contributed by atoms with Crippen LogP contribution in [0.5, 0.6) is 0 Å². The highest BCUT2D eigenvalue weighted by Crippen LogP contribution is 2.21. The predicted octanol–water partition coefficient (Wildman–Crippen LogP) is 2.47. The summed E-state index contributed by atoms with van der Waals surface area (Å²) >= 11 is 0. The Morgan fingerprint density at radius 2 is 1.89 bits per heavy atom. The number of carbonyl (C=O) groups excluding carboxylic acids is 1. The number of hydrogen-bond acceptors (Lipinski definition) is 2. The first kappa shape index (κ1) is 14.6. The van der Waals surface area contributed by atoms with Crippen LogP contribution in [0.3, 0.4) is 0 Å². The van der Waals surface area contributed by atoms with Gasteiger partial charge in [-0.05, 0) is 38.5 Å². The Labute approximate surface area is 108 Å². The van der Waals surface area contributed by atoms with Crippen molar-refractivity contribution in [3.63, 3.8) is 0 Å². The molecule has 1 aromatic rings. The molecule has 0 saturated carbocycles. The molecular formula is C14H21FN2O. The number of rotatable bonds is 5. The van der Waals surface area contributed by atoms with Crippen molar-refractivity contribution in [1.29, 1.82) is 0 Å². The summed E-state index contributed by atoms with van der Waals surface area (Å²) in [7, 11) is 0. The summed E-state index contributed by atoms with van der Waals surface area (Å²) in [6, 6.07) is 6.03. The standard InChI is InChI=1S/C14H21FN2O/c1-4-17(14(18)9-10(2)16)11(3)12-5-7-13(15)8-6-12/h5-8,10-11H,4,9,16H2,1-3H3. The minimum Gasteiger partial charge on any atom is -0.336 e. The zero-order chi connectivity index (χ0) is 13.7. The van der Waals surface area contributed by atoms with Crippen molar-refractivity contribution < 1.29 is 9.18 Å². The fourth-order valence-electron chi connectivity index (χ4n) is 1.98. The second-order valence-electron chi connectivity index (χ2n) is 4.59. The summed E-state index contributed by atoms with van der Waals surface area (Å²) in [5, 5.41) is 0. The molecule has 2 N–H and O–H groups in total. The van der Waals surface area contributed by atoms with Crippen LogP contribution in [0.4, 0.5) is 4.39 Å². The molecule has 3 nitrogen and oxygen atoms in total. The highest BCUT2D eigenvalue weighted by atomic mass is 19.1. The Kier molecular flexibility index (Phi) is 5.28. The molecule has 1 amide bonds. The second-order valence-corrected chi connectivity index (χ2v) is 4.59. The van der Waals surface area contributed by atoms with Crippen molar-refractivity contribution in [3.05, 3.63) is 35.6 Å². The molecule has 1 aromatic carbocycles. The van der Waals surface area contributed by atoms with E-state index in [1.54, 1.807) is 17.0 Å². The van der Waals surface area contributed by atoms with Crippen LogP contribution in [0.1, 0.15) is 38.8 Å². The van der Waals surface area contributed by atoms with E-state index in [9.17, 15) is 9.18 Å². The summed E-state index contributed by atoms with van der Waals surface area (Å²) in [6.45, 7) is 6.30. The molecule has 0 heterocycles. The van der Waals surface area contributed by atoms with Gasteiger partial charge in [0.2, 0.25) is 5.91 Å². The lowest BCUT2D eigenvalue weighted by Gasteiger charge is -2.29. The Morgan fingerprint density at radius 1 is 1.33 bits per heavy atom. The lowest BCUT2D eigenvalue weighted by molar-refractivity contribution is -0.133. The normalized spacial score (nSPS) is 14.1. The molecule has 0 saturated heterocycles. The van der Waals surface area contributed by atoms with Crippen molar-refractivity contribution in [2.24, 2.45) is 5.73 Å². The molecule has 18 heavy (non-hydrogen) atoms. The van der Waals surface area contributed by atoms with E-state index in [0.717, 1.165) is 5.56 Å². The minimum atomic E-state index is -0.268. The van der Waals surface area contributed by atoms with E-state index in [0.29, 0.717) is 13.0 Å². The highest BCUT2D eigenvalue weighted by molar-refractivity contribution is 5.77. The highest BCUT2D eigenvalue weighted by Gasteiger charge is 2.20. The van der Waals surface area contributed by atoms with Crippen LogP contribution in [-0.4, -0.2) is 23.4 Å².